The number of amides is 1. The number of nitrogens with two attached hydrogens (primary N) is 1. The predicted octanol–water partition coefficient (Wildman–Crippen LogP) is 2.10. The zero-order chi connectivity index (χ0) is 20.1. The Bertz CT molecular complexity index is 1070. The highest BCUT2D eigenvalue weighted by Gasteiger charge is 2.15. The number of carbonyl (C=O) groups is 1. The molecule has 0 aliphatic carbocycles. The number of halogens is 1. The van der Waals surface area contributed by atoms with E-state index >= 15 is 0 Å². The Kier molecular flexibility index (Phi) is 6.28. The average Bonchev–Trinajstić information content (AvgIpc) is 3.08. The highest BCUT2D eigenvalue weighted by Crippen LogP contribution is 2.23. The molecule has 0 saturated carbocycles. The van der Waals surface area contributed by atoms with Gasteiger partial charge in [0.25, 0.3) is 10.0 Å². The monoisotopic (exact) mass is 457 g/mol. The fourth-order valence-corrected chi connectivity index (χ4v) is 4.42. The standard InChI is InChI=1S/C14H12ClN7O3S3/c15-10-5-6-11(19-18-10)22-28(24,25)9-3-1-8(2-4-9)17-12(23)7-26-14-21-20-13(16)27-14/h1-6H,7H2,(H2,16,20)(H,17,23)(H,19,22). The lowest BCUT2D eigenvalue weighted by atomic mass is 10.3. The molecule has 0 atom stereocenters. The van der Waals surface area contributed by atoms with Gasteiger partial charge in [0.05, 0.1) is 10.6 Å². The molecule has 2 heterocycles. The number of hydrogen-bond donors (Lipinski definition) is 3. The normalized spacial score (nSPS) is 11.2. The Balaban J connectivity index is 1.59. The van der Waals surface area contributed by atoms with Crippen molar-refractivity contribution < 1.29 is 13.2 Å². The van der Waals surface area contributed by atoms with Crippen molar-refractivity contribution in [1.82, 2.24) is 20.4 Å². The summed E-state index contributed by atoms with van der Waals surface area (Å²) in [4.78, 5) is 12.0. The number of nitrogens with zero attached hydrogens (tertiary/aromatic N) is 4. The van der Waals surface area contributed by atoms with Gasteiger partial charge in [-0.1, -0.05) is 34.7 Å². The smallest absolute Gasteiger partial charge is 0.263 e. The van der Waals surface area contributed by atoms with Crippen LogP contribution in [-0.4, -0.2) is 40.5 Å². The summed E-state index contributed by atoms with van der Waals surface area (Å²) in [6.45, 7) is 0. The molecule has 0 radical (unpaired) electrons. The van der Waals surface area contributed by atoms with Gasteiger partial charge in [-0.15, -0.1) is 20.4 Å². The van der Waals surface area contributed by atoms with Crippen molar-refractivity contribution in [2.24, 2.45) is 0 Å². The highest BCUT2D eigenvalue weighted by molar-refractivity contribution is 8.01. The van der Waals surface area contributed by atoms with Crippen LogP contribution in [0.2, 0.25) is 5.15 Å². The number of nitrogens with one attached hydrogen (secondary N) is 2. The number of sulfonamides is 1. The summed E-state index contributed by atoms with van der Waals surface area (Å²) in [6, 6.07) is 8.49. The van der Waals surface area contributed by atoms with Gasteiger partial charge in [-0.25, -0.2) is 8.42 Å². The fourth-order valence-electron chi connectivity index (χ4n) is 1.89. The summed E-state index contributed by atoms with van der Waals surface area (Å²) in [7, 11) is -3.85. The summed E-state index contributed by atoms with van der Waals surface area (Å²) in [5, 5.41) is 17.8. The molecular formula is C14H12ClN7O3S3. The second-order valence-electron chi connectivity index (χ2n) is 5.11. The Morgan fingerprint density at radius 3 is 2.46 bits per heavy atom. The maximum atomic E-state index is 12.4. The van der Waals surface area contributed by atoms with Crippen molar-refractivity contribution in [3.05, 3.63) is 41.6 Å². The molecule has 0 unspecified atom stereocenters. The molecule has 3 aromatic rings. The molecule has 0 fully saturated rings. The van der Waals surface area contributed by atoms with E-state index in [9.17, 15) is 13.2 Å². The molecule has 0 saturated heterocycles. The van der Waals surface area contributed by atoms with Crippen molar-refractivity contribution in [3.63, 3.8) is 0 Å². The number of hydrogen-bond acceptors (Lipinski definition) is 10. The molecule has 1 amide bonds. The van der Waals surface area contributed by atoms with Crippen molar-refractivity contribution >= 4 is 67.3 Å². The Morgan fingerprint density at radius 1 is 1.11 bits per heavy atom. The topological polar surface area (TPSA) is 153 Å². The van der Waals surface area contributed by atoms with E-state index in [0.29, 0.717) is 15.2 Å². The second-order valence-corrected chi connectivity index (χ2v) is 9.42. The molecule has 0 aliphatic rings. The first-order valence-corrected chi connectivity index (χ1v) is 11.1. The average molecular weight is 458 g/mol. The molecule has 28 heavy (non-hydrogen) atoms. The van der Waals surface area contributed by atoms with Gasteiger partial charge in [-0.2, -0.15) is 0 Å². The molecule has 2 aromatic heterocycles. The minimum Gasteiger partial charge on any atom is -0.374 e. The van der Waals surface area contributed by atoms with Gasteiger partial charge >= 0.3 is 0 Å². The maximum absolute atomic E-state index is 12.4. The summed E-state index contributed by atoms with van der Waals surface area (Å²) in [6.07, 6.45) is 0. The Labute approximate surface area is 173 Å². The van der Waals surface area contributed by atoms with Crippen LogP contribution in [0, 0.1) is 0 Å². The minimum absolute atomic E-state index is 0.000888. The van der Waals surface area contributed by atoms with E-state index in [0.717, 1.165) is 0 Å². The van der Waals surface area contributed by atoms with E-state index in [4.69, 9.17) is 17.3 Å². The van der Waals surface area contributed by atoms with E-state index in [1.54, 1.807) is 0 Å². The van der Waals surface area contributed by atoms with Crippen molar-refractivity contribution in [1.29, 1.82) is 0 Å². The van der Waals surface area contributed by atoms with Crippen LogP contribution in [0.15, 0.2) is 45.6 Å². The quantitative estimate of drug-likeness (QED) is 0.452. The number of rotatable bonds is 7. The molecule has 0 aliphatic heterocycles. The molecule has 0 spiro atoms. The zero-order valence-electron chi connectivity index (χ0n) is 13.9. The van der Waals surface area contributed by atoms with Gasteiger partial charge in [0.2, 0.25) is 11.0 Å². The van der Waals surface area contributed by atoms with E-state index in [-0.39, 0.29) is 27.5 Å². The van der Waals surface area contributed by atoms with Crippen molar-refractivity contribution in [2.45, 2.75) is 9.24 Å². The van der Waals surface area contributed by atoms with Crippen LogP contribution >= 0.6 is 34.7 Å². The van der Waals surface area contributed by atoms with Crippen LogP contribution < -0.4 is 15.8 Å². The van der Waals surface area contributed by atoms with Gasteiger partial charge in [0.15, 0.2) is 15.3 Å². The number of anilines is 3. The van der Waals surface area contributed by atoms with Crippen LogP contribution in [0.4, 0.5) is 16.6 Å². The lowest BCUT2D eigenvalue weighted by Crippen LogP contribution is -2.15. The van der Waals surface area contributed by atoms with Crippen LogP contribution in [0.5, 0.6) is 0 Å². The van der Waals surface area contributed by atoms with Gasteiger partial charge in [0.1, 0.15) is 0 Å². The zero-order valence-corrected chi connectivity index (χ0v) is 17.1. The highest BCUT2D eigenvalue weighted by atomic mass is 35.5. The molecular weight excluding hydrogens is 446 g/mol. The van der Waals surface area contributed by atoms with Crippen molar-refractivity contribution in [2.75, 3.05) is 21.5 Å². The maximum Gasteiger partial charge on any atom is 0.263 e. The lowest BCUT2D eigenvalue weighted by molar-refractivity contribution is -0.113. The molecule has 14 heteroatoms. The third-order valence-electron chi connectivity index (χ3n) is 3.07. The molecule has 3 rings (SSSR count). The van der Waals surface area contributed by atoms with Crippen LogP contribution in [0.25, 0.3) is 0 Å². The van der Waals surface area contributed by atoms with Crippen LogP contribution in [-0.2, 0) is 14.8 Å². The Morgan fingerprint density at radius 2 is 1.86 bits per heavy atom. The SMILES string of the molecule is Nc1nnc(SCC(=O)Nc2ccc(S(=O)(=O)Nc3ccc(Cl)nn3)cc2)s1. The number of aromatic nitrogens is 4. The molecule has 4 N–H and O–H groups in total. The number of benzene rings is 1. The number of thioether (sulfide) groups is 1. The number of nitrogen functional groups attached to an aromatic ring is 1. The summed E-state index contributed by atoms with van der Waals surface area (Å²) in [5.74, 6) is -0.120. The van der Waals surface area contributed by atoms with E-state index < -0.39 is 10.0 Å². The first-order valence-electron chi connectivity index (χ1n) is 7.45. The minimum atomic E-state index is -3.85. The van der Waals surface area contributed by atoms with E-state index in [1.165, 1.54) is 59.5 Å². The summed E-state index contributed by atoms with van der Waals surface area (Å²) >= 11 is 8.01. The van der Waals surface area contributed by atoms with E-state index in [2.05, 4.69) is 30.4 Å². The van der Waals surface area contributed by atoms with Gasteiger partial charge in [-0.05, 0) is 36.4 Å². The first kappa shape index (κ1) is 20.3. The molecule has 0 bridgehead atoms. The van der Waals surface area contributed by atoms with Gasteiger partial charge < -0.3 is 11.1 Å². The van der Waals surface area contributed by atoms with Crippen molar-refractivity contribution in [3.8, 4) is 0 Å². The van der Waals surface area contributed by atoms with Crippen LogP contribution in [0.1, 0.15) is 0 Å². The first-order chi connectivity index (χ1) is 13.3. The summed E-state index contributed by atoms with van der Waals surface area (Å²) in [5.41, 5.74) is 5.93. The van der Waals surface area contributed by atoms with Gasteiger partial charge in [0, 0.05) is 5.69 Å². The van der Waals surface area contributed by atoms with Gasteiger partial charge in [-0.3, -0.25) is 9.52 Å². The van der Waals surface area contributed by atoms with E-state index in [1.807, 2.05) is 0 Å². The third kappa shape index (κ3) is 5.51. The third-order valence-corrected chi connectivity index (χ3v) is 6.53. The predicted molar refractivity (Wildman–Crippen MR) is 108 cm³/mol. The lowest BCUT2D eigenvalue weighted by Gasteiger charge is -2.08. The summed E-state index contributed by atoms with van der Waals surface area (Å²) < 4.78 is 27.6. The Hall–Kier alpha value is -2.48. The molecule has 146 valence electrons. The second kappa shape index (κ2) is 8.68. The fraction of sp³-hybridized carbons (Fsp3) is 0.0714. The van der Waals surface area contributed by atoms with Crippen LogP contribution in [0.3, 0.4) is 0 Å². The number of carbonyl (C=O) groups excluding carboxylic acids is 1. The molecule has 1 aromatic carbocycles. The molecule has 10 nitrogen and oxygen atoms in total. The largest absolute Gasteiger partial charge is 0.374 e.